The number of likely N-dealkylation sites (tertiary alicyclic amines) is 1. The number of hydrogen-bond donors (Lipinski definition) is 2. The molecule has 1 aliphatic rings. The maximum absolute atomic E-state index is 12.0. The number of hydrogen-bond acceptors (Lipinski definition) is 3. The minimum absolute atomic E-state index is 0.0549. The third kappa shape index (κ3) is 4.64. The van der Waals surface area contributed by atoms with Crippen LogP contribution in [0.1, 0.15) is 46.5 Å². The molecule has 0 aromatic heterocycles. The fraction of sp³-hybridized carbons (Fsp3) is 0.923. The van der Waals surface area contributed by atoms with Crippen molar-refractivity contribution in [3.05, 3.63) is 0 Å². The summed E-state index contributed by atoms with van der Waals surface area (Å²) in [6.07, 6.45) is 4.32. The first-order valence-electron chi connectivity index (χ1n) is 6.84. The van der Waals surface area contributed by atoms with Crippen LogP contribution < -0.4 is 11.1 Å². The molecule has 0 radical (unpaired) electrons. The van der Waals surface area contributed by atoms with Crippen molar-refractivity contribution in [1.29, 1.82) is 0 Å². The molecule has 0 aromatic carbocycles. The molecule has 4 heteroatoms. The lowest BCUT2D eigenvalue weighted by Crippen LogP contribution is -2.53. The quantitative estimate of drug-likeness (QED) is 0.758. The van der Waals surface area contributed by atoms with Gasteiger partial charge in [0.15, 0.2) is 0 Å². The van der Waals surface area contributed by atoms with Gasteiger partial charge >= 0.3 is 0 Å². The van der Waals surface area contributed by atoms with Crippen LogP contribution in [0.3, 0.4) is 0 Å². The van der Waals surface area contributed by atoms with Crippen LogP contribution >= 0.6 is 0 Å². The molecule has 1 amide bonds. The van der Waals surface area contributed by atoms with Gasteiger partial charge in [-0.05, 0) is 39.7 Å². The highest BCUT2D eigenvalue weighted by Crippen LogP contribution is 2.12. The third-order valence-electron chi connectivity index (χ3n) is 3.53. The summed E-state index contributed by atoms with van der Waals surface area (Å²) < 4.78 is 0. The topological polar surface area (TPSA) is 58.4 Å². The average molecular weight is 241 g/mol. The zero-order chi connectivity index (χ0) is 12.8. The summed E-state index contributed by atoms with van der Waals surface area (Å²) in [5.74, 6) is 0.139. The van der Waals surface area contributed by atoms with Crippen molar-refractivity contribution in [3.63, 3.8) is 0 Å². The molecule has 1 rings (SSSR count). The molecule has 0 bridgehead atoms. The molecule has 1 fully saturated rings. The lowest BCUT2D eigenvalue weighted by Gasteiger charge is -2.35. The average Bonchev–Trinajstić information content (AvgIpc) is 2.28. The van der Waals surface area contributed by atoms with Crippen LogP contribution in [0.5, 0.6) is 0 Å². The number of amides is 1. The number of carbonyl (C=O) groups excluding carboxylic acids is 1. The van der Waals surface area contributed by atoms with Gasteiger partial charge < -0.3 is 11.1 Å². The van der Waals surface area contributed by atoms with E-state index in [-0.39, 0.29) is 24.0 Å². The summed E-state index contributed by atoms with van der Waals surface area (Å²) >= 11 is 0. The van der Waals surface area contributed by atoms with Crippen molar-refractivity contribution in [2.45, 2.75) is 64.6 Å². The van der Waals surface area contributed by atoms with Crippen LogP contribution in [-0.2, 0) is 4.79 Å². The van der Waals surface area contributed by atoms with Crippen LogP contribution in [0.2, 0.25) is 0 Å². The molecule has 2 unspecified atom stereocenters. The monoisotopic (exact) mass is 241 g/mol. The van der Waals surface area contributed by atoms with Crippen molar-refractivity contribution in [2.75, 3.05) is 13.1 Å². The summed E-state index contributed by atoms with van der Waals surface area (Å²) in [6.45, 7) is 8.01. The Kier molecular flexibility index (Phi) is 5.92. The van der Waals surface area contributed by atoms with E-state index in [0.717, 1.165) is 38.8 Å². The van der Waals surface area contributed by atoms with Gasteiger partial charge in [0.25, 0.3) is 0 Å². The van der Waals surface area contributed by atoms with Gasteiger partial charge in [-0.3, -0.25) is 9.69 Å². The van der Waals surface area contributed by atoms with E-state index in [1.165, 1.54) is 0 Å². The Balaban J connectivity index is 2.39. The van der Waals surface area contributed by atoms with Gasteiger partial charge in [-0.2, -0.15) is 0 Å². The van der Waals surface area contributed by atoms with Gasteiger partial charge in [0, 0.05) is 18.6 Å². The van der Waals surface area contributed by atoms with E-state index in [1.807, 2.05) is 6.92 Å². The fourth-order valence-corrected chi connectivity index (χ4v) is 2.43. The van der Waals surface area contributed by atoms with Crippen molar-refractivity contribution in [3.8, 4) is 0 Å². The summed E-state index contributed by atoms with van der Waals surface area (Å²) in [5, 5.41) is 3.07. The molecular weight excluding hydrogens is 214 g/mol. The normalized spacial score (nSPS) is 25.3. The molecular formula is C13H27N3O. The van der Waals surface area contributed by atoms with Crippen LogP contribution in [0.4, 0.5) is 0 Å². The Morgan fingerprint density at radius 2 is 2.24 bits per heavy atom. The first-order valence-corrected chi connectivity index (χ1v) is 6.84. The summed E-state index contributed by atoms with van der Waals surface area (Å²) in [7, 11) is 0. The fourth-order valence-electron chi connectivity index (χ4n) is 2.43. The van der Waals surface area contributed by atoms with E-state index in [0.29, 0.717) is 0 Å². The molecule has 1 aliphatic heterocycles. The SMILES string of the molecule is CCCC(C)NC(=O)C(C)N1CCC[C@@H](N)C1. The zero-order valence-corrected chi connectivity index (χ0v) is 11.4. The summed E-state index contributed by atoms with van der Waals surface area (Å²) in [5.41, 5.74) is 5.94. The van der Waals surface area contributed by atoms with Gasteiger partial charge in [-0.15, -0.1) is 0 Å². The van der Waals surface area contributed by atoms with Crippen LogP contribution in [0.25, 0.3) is 0 Å². The molecule has 4 nitrogen and oxygen atoms in total. The smallest absolute Gasteiger partial charge is 0.237 e. The second-order valence-corrected chi connectivity index (χ2v) is 5.27. The van der Waals surface area contributed by atoms with Crippen LogP contribution in [-0.4, -0.2) is 42.0 Å². The minimum atomic E-state index is -0.0549. The first-order chi connectivity index (χ1) is 8.04. The third-order valence-corrected chi connectivity index (χ3v) is 3.53. The van der Waals surface area contributed by atoms with E-state index < -0.39 is 0 Å². The molecule has 100 valence electrons. The maximum Gasteiger partial charge on any atom is 0.237 e. The van der Waals surface area contributed by atoms with E-state index >= 15 is 0 Å². The maximum atomic E-state index is 12.0. The van der Waals surface area contributed by atoms with E-state index in [4.69, 9.17) is 5.73 Å². The Hall–Kier alpha value is -0.610. The lowest BCUT2D eigenvalue weighted by molar-refractivity contribution is -0.127. The molecule has 1 heterocycles. The standard InChI is InChI=1S/C13H27N3O/c1-4-6-10(2)15-13(17)11(3)16-8-5-7-12(14)9-16/h10-12H,4-9,14H2,1-3H3,(H,15,17)/t10?,11?,12-/m1/s1. The van der Waals surface area contributed by atoms with Crippen molar-refractivity contribution in [2.24, 2.45) is 5.73 Å². The van der Waals surface area contributed by atoms with Crippen LogP contribution in [0.15, 0.2) is 0 Å². The largest absolute Gasteiger partial charge is 0.352 e. The highest BCUT2D eigenvalue weighted by molar-refractivity contribution is 5.81. The van der Waals surface area contributed by atoms with E-state index in [1.54, 1.807) is 0 Å². The van der Waals surface area contributed by atoms with Gasteiger partial charge in [-0.25, -0.2) is 0 Å². The highest BCUT2D eigenvalue weighted by Gasteiger charge is 2.26. The van der Waals surface area contributed by atoms with Crippen molar-refractivity contribution < 1.29 is 4.79 Å². The predicted octanol–water partition coefficient (Wildman–Crippen LogP) is 1.10. The van der Waals surface area contributed by atoms with Gasteiger partial charge in [0.1, 0.15) is 0 Å². The second-order valence-electron chi connectivity index (χ2n) is 5.27. The van der Waals surface area contributed by atoms with Crippen LogP contribution in [0, 0.1) is 0 Å². The van der Waals surface area contributed by atoms with Gasteiger partial charge in [-0.1, -0.05) is 13.3 Å². The van der Waals surface area contributed by atoms with Crippen molar-refractivity contribution >= 4 is 5.91 Å². The van der Waals surface area contributed by atoms with Crippen molar-refractivity contribution in [1.82, 2.24) is 10.2 Å². The Morgan fingerprint density at radius 1 is 1.53 bits per heavy atom. The Labute approximate surface area is 105 Å². The summed E-state index contributed by atoms with van der Waals surface area (Å²) in [6, 6.07) is 0.445. The molecule has 0 spiro atoms. The van der Waals surface area contributed by atoms with Gasteiger partial charge in [0.05, 0.1) is 6.04 Å². The molecule has 0 saturated carbocycles. The second kappa shape index (κ2) is 6.97. The Morgan fingerprint density at radius 3 is 2.82 bits per heavy atom. The Bertz CT molecular complexity index is 245. The number of nitrogens with two attached hydrogens (primary N) is 1. The van der Waals surface area contributed by atoms with E-state index in [2.05, 4.69) is 24.1 Å². The highest BCUT2D eigenvalue weighted by atomic mass is 16.2. The molecule has 1 saturated heterocycles. The molecule has 0 aliphatic carbocycles. The lowest BCUT2D eigenvalue weighted by atomic mass is 10.0. The number of piperidine rings is 1. The predicted molar refractivity (Wildman–Crippen MR) is 70.8 cm³/mol. The zero-order valence-electron chi connectivity index (χ0n) is 11.4. The molecule has 3 N–H and O–H groups in total. The van der Waals surface area contributed by atoms with E-state index in [9.17, 15) is 4.79 Å². The first kappa shape index (κ1) is 14.5. The summed E-state index contributed by atoms with van der Waals surface area (Å²) in [4.78, 5) is 14.2. The molecule has 3 atom stereocenters. The molecule has 0 aromatic rings. The number of nitrogens with zero attached hydrogens (tertiary/aromatic N) is 1. The molecule has 17 heavy (non-hydrogen) atoms. The minimum Gasteiger partial charge on any atom is -0.352 e. The van der Waals surface area contributed by atoms with Gasteiger partial charge in [0.2, 0.25) is 5.91 Å². The number of nitrogens with one attached hydrogen (secondary N) is 1. The number of rotatable bonds is 5. The number of carbonyl (C=O) groups is 1.